The maximum Gasteiger partial charge on any atom is 0.222 e. The number of aromatic nitrogens is 1. The number of carbonyl (C=O) groups is 2. The van der Waals surface area contributed by atoms with Crippen molar-refractivity contribution in [1.29, 1.82) is 0 Å². The van der Waals surface area contributed by atoms with E-state index in [1.807, 2.05) is 18.2 Å². The number of rotatable bonds is 15. The number of nitrogens with two attached hydrogens (primary N) is 2. The third-order valence-corrected chi connectivity index (χ3v) is 6.00. The highest BCUT2D eigenvalue weighted by Crippen LogP contribution is 2.29. The van der Waals surface area contributed by atoms with E-state index in [1.165, 1.54) is 0 Å². The Hall–Kier alpha value is -0.710. The van der Waals surface area contributed by atoms with Crippen LogP contribution >= 0.6 is 46.4 Å². The van der Waals surface area contributed by atoms with Crippen LogP contribution in [0.15, 0.2) is 29.4 Å². The molecule has 168 valence electrons. The number of carbonyl (C=O) groups excluding carboxylic acids is 2. The number of amides is 2. The van der Waals surface area contributed by atoms with Crippen LogP contribution in [0.2, 0.25) is 0 Å². The summed E-state index contributed by atoms with van der Waals surface area (Å²) >= 11 is 0. The minimum atomic E-state index is 0. The monoisotopic (exact) mass is 485 g/mol. The summed E-state index contributed by atoms with van der Waals surface area (Å²) in [5, 5.41) is 3.88. The van der Waals surface area contributed by atoms with Crippen molar-refractivity contribution in [3.63, 3.8) is 0 Å². The summed E-state index contributed by atoms with van der Waals surface area (Å²) in [7, 11) is 3.21. The summed E-state index contributed by atoms with van der Waals surface area (Å²) in [5.41, 5.74) is 11.0. The molecule has 2 amide bonds. The third-order valence-electron chi connectivity index (χ3n) is 3.73. The summed E-state index contributed by atoms with van der Waals surface area (Å²) in [6.45, 7) is 2.68. The van der Waals surface area contributed by atoms with E-state index >= 15 is 0 Å². The van der Waals surface area contributed by atoms with Crippen LogP contribution in [0.3, 0.4) is 0 Å². The first kappa shape index (κ1) is 30.5. The summed E-state index contributed by atoms with van der Waals surface area (Å²) in [6, 6.07) is 5.78. The van der Waals surface area contributed by atoms with E-state index in [1.54, 1.807) is 32.7 Å². The summed E-state index contributed by atoms with van der Waals surface area (Å²) in [4.78, 5) is 29.8. The molecule has 0 fully saturated rings. The Bertz CT molecular complexity index is 538. The zero-order valence-electron chi connectivity index (χ0n) is 16.6. The Balaban J connectivity index is 0. The molecule has 1 aromatic rings. The van der Waals surface area contributed by atoms with E-state index in [0.29, 0.717) is 45.6 Å². The Morgan fingerprint density at radius 2 is 1.76 bits per heavy atom. The van der Waals surface area contributed by atoms with Gasteiger partial charge in [0.15, 0.2) is 0 Å². The second-order valence-corrected chi connectivity index (χ2v) is 8.38. The van der Waals surface area contributed by atoms with Gasteiger partial charge in [0.2, 0.25) is 11.8 Å². The molecule has 0 unspecified atom stereocenters. The Morgan fingerprint density at radius 1 is 1.03 bits per heavy atom. The Morgan fingerprint density at radius 3 is 2.38 bits per heavy atom. The van der Waals surface area contributed by atoms with Crippen LogP contribution < -0.4 is 16.8 Å². The summed E-state index contributed by atoms with van der Waals surface area (Å²) in [6.07, 6.45) is 5.37. The van der Waals surface area contributed by atoms with Crippen molar-refractivity contribution in [1.82, 2.24) is 15.2 Å². The fourth-order valence-electron chi connectivity index (χ4n) is 2.36. The van der Waals surface area contributed by atoms with E-state index in [0.717, 1.165) is 30.0 Å². The molecular weight excluding hydrogens is 453 g/mol. The molecule has 1 aromatic heterocycles. The van der Waals surface area contributed by atoms with Crippen molar-refractivity contribution in [2.45, 2.75) is 37.1 Å². The van der Waals surface area contributed by atoms with Crippen LogP contribution in [-0.4, -0.2) is 60.2 Å². The molecule has 1 rings (SSSR count). The SMILES string of the molecule is Cl.Cl.NCCN(CCN)C(=O)CCCCCNC(=O)CCSSc1ccccn1. The number of unbranched alkanes of at least 4 members (excludes halogenated alkanes) is 2. The molecule has 0 bridgehead atoms. The first-order valence-electron chi connectivity index (χ1n) is 9.32. The van der Waals surface area contributed by atoms with Gasteiger partial charge in [-0.25, -0.2) is 4.98 Å². The molecule has 7 nitrogen and oxygen atoms in total. The first-order chi connectivity index (χ1) is 13.2. The van der Waals surface area contributed by atoms with Gasteiger partial charge in [-0.05, 0) is 35.8 Å². The highest BCUT2D eigenvalue weighted by Gasteiger charge is 2.11. The normalized spacial score (nSPS) is 9.86. The Kier molecular flexibility index (Phi) is 21.6. The quantitative estimate of drug-likeness (QED) is 0.258. The van der Waals surface area contributed by atoms with Gasteiger partial charge in [0, 0.05) is 57.5 Å². The van der Waals surface area contributed by atoms with E-state index in [-0.39, 0.29) is 36.6 Å². The van der Waals surface area contributed by atoms with Crippen LogP contribution in [0.25, 0.3) is 0 Å². The summed E-state index contributed by atoms with van der Waals surface area (Å²) in [5.74, 6) is 0.925. The number of halogens is 2. The van der Waals surface area contributed by atoms with Crippen molar-refractivity contribution in [2.24, 2.45) is 11.5 Å². The van der Waals surface area contributed by atoms with E-state index < -0.39 is 0 Å². The molecule has 0 atom stereocenters. The lowest BCUT2D eigenvalue weighted by Gasteiger charge is -2.21. The van der Waals surface area contributed by atoms with Crippen molar-refractivity contribution < 1.29 is 9.59 Å². The van der Waals surface area contributed by atoms with Crippen molar-refractivity contribution in [3.05, 3.63) is 24.4 Å². The van der Waals surface area contributed by atoms with Gasteiger partial charge in [-0.1, -0.05) is 23.3 Å². The van der Waals surface area contributed by atoms with Crippen LogP contribution in [0.1, 0.15) is 32.1 Å². The van der Waals surface area contributed by atoms with E-state index in [2.05, 4.69) is 10.3 Å². The number of nitrogens with one attached hydrogen (secondary N) is 1. The number of hydrogen-bond donors (Lipinski definition) is 3. The largest absolute Gasteiger partial charge is 0.356 e. The molecule has 0 spiro atoms. The van der Waals surface area contributed by atoms with E-state index in [9.17, 15) is 9.59 Å². The minimum absolute atomic E-state index is 0. The molecular formula is C18H33Cl2N5O2S2. The van der Waals surface area contributed by atoms with E-state index in [4.69, 9.17) is 11.5 Å². The maximum absolute atomic E-state index is 12.0. The van der Waals surface area contributed by atoms with Gasteiger partial charge < -0.3 is 21.7 Å². The molecule has 1 heterocycles. The standard InChI is InChI=1S/C18H31N5O2S2.2ClH/c19-9-13-23(14-10-20)18(25)7-2-1-4-11-21-16(24)8-15-26-27-17-6-3-5-12-22-17;;/h3,5-6,12H,1-2,4,7-11,13-15,19-20H2,(H,21,24);2*1H. The molecule has 29 heavy (non-hydrogen) atoms. The van der Waals surface area contributed by atoms with Crippen molar-refractivity contribution >= 4 is 58.2 Å². The van der Waals surface area contributed by atoms with Crippen LogP contribution in [0.5, 0.6) is 0 Å². The highest BCUT2D eigenvalue weighted by molar-refractivity contribution is 8.76. The van der Waals surface area contributed by atoms with Crippen LogP contribution in [0.4, 0.5) is 0 Å². The van der Waals surface area contributed by atoms with Gasteiger partial charge in [-0.2, -0.15) is 0 Å². The number of hydrogen-bond acceptors (Lipinski definition) is 7. The first-order valence-corrected chi connectivity index (χ1v) is 11.6. The number of pyridine rings is 1. The maximum atomic E-state index is 12.0. The fraction of sp³-hybridized carbons (Fsp3) is 0.611. The minimum Gasteiger partial charge on any atom is -0.356 e. The van der Waals surface area contributed by atoms with Gasteiger partial charge in [0.1, 0.15) is 5.03 Å². The fourth-order valence-corrected chi connectivity index (χ4v) is 4.23. The lowest BCUT2D eigenvalue weighted by atomic mass is 10.1. The van der Waals surface area contributed by atoms with Gasteiger partial charge >= 0.3 is 0 Å². The van der Waals surface area contributed by atoms with Crippen molar-refractivity contribution in [2.75, 3.05) is 38.5 Å². The lowest BCUT2D eigenvalue weighted by Crippen LogP contribution is -2.38. The van der Waals surface area contributed by atoms with Gasteiger partial charge in [0.05, 0.1) is 0 Å². The second-order valence-electron chi connectivity index (χ2n) is 5.94. The predicted octanol–water partition coefficient (Wildman–Crippen LogP) is 2.48. The second kappa shape index (κ2) is 20.6. The molecule has 0 radical (unpaired) electrons. The van der Waals surface area contributed by atoms with Gasteiger partial charge in [-0.15, -0.1) is 24.8 Å². The molecule has 0 aromatic carbocycles. The molecule has 0 aliphatic heterocycles. The zero-order valence-corrected chi connectivity index (χ0v) is 19.9. The average molecular weight is 487 g/mol. The van der Waals surface area contributed by atoms with Crippen molar-refractivity contribution in [3.8, 4) is 0 Å². The molecule has 0 aliphatic carbocycles. The molecule has 11 heteroatoms. The zero-order chi connectivity index (χ0) is 19.7. The van der Waals surface area contributed by atoms with Crippen LogP contribution in [-0.2, 0) is 9.59 Å². The average Bonchev–Trinajstić information content (AvgIpc) is 2.68. The van der Waals surface area contributed by atoms with Crippen LogP contribution in [0, 0.1) is 0 Å². The molecule has 0 saturated heterocycles. The lowest BCUT2D eigenvalue weighted by molar-refractivity contribution is -0.131. The predicted molar refractivity (Wildman–Crippen MR) is 128 cm³/mol. The summed E-state index contributed by atoms with van der Waals surface area (Å²) < 4.78 is 0. The smallest absolute Gasteiger partial charge is 0.222 e. The topological polar surface area (TPSA) is 114 Å². The van der Waals surface area contributed by atoms with Gasteiger partial charge in [0.25, 0.3) is 0 Å². The third kappa shape index (κ3) is 15.7. The molecule has 0 saturated carbocycles. The Labute approximate surface area is 194 Å². The number of nitrogens with zero attached hydrogens (tertiary/aromatic N) is 2. The molecule has 5 N–H and O–H groups in total. The highest BCUT2D eigenvalue weighted by atomic mass is 35.5. The molecule has 0 aliphatic rings. The van der Waals surface area contributed by atoms with Gasteiger partial charge in [-0.3, -0.25) is 9.59 Å².